The number of rotatable bonds is 7. The Morgan fingerprint density at radius 2 is 1.71 bits per heavy atom. The number of piperazine rings is 1. The van der Waals surface area contributed by atoms with Crippen LogP contribution in [-0.2, 0) is 6.54 Å². The Morgan fingerprint density at radius 3 is 2.50 bits per heavy atom. The van der Waals surface area contributed by atoms with Crippen LogP contribution in [0.5, 0.6) is 5.75 Å². The number of ether oxygens (including phenoxy) is 1. The summed E-state index contributed by atoms with van der Waals surface area (Å²) in [6.45, 7) is 8.46. The predicted molar refractivity (Wildman–Crippen MR) is 108 cm³/mol. The Bertz CT molecular complexity index is 873. The molecule has 146 valence electrons. The lowest BCUT2D eigenvalue weighted by Crippen LogP contribution is -2.47. The van der Waals surface area contributed by atoms with Crippen molar-refractivity contribution in [1.29, 1.82) is 0 Å². The zero-order valence-electron chi connectivity index (χ0n) is 16.3. The van der Waals surface area contributed by atoms with Gasteiger partial charge in [0.05, 0.1) is 6.54 Å². The molecule has 0 atom stereocenters. The minimum atomic E-state index is 0.593. The van der Waals surface area contributed by atoms with E-state index in [4.69, 9.17) is 9.15 Å². The molecule has 6 heteroatoms. The molecular weight excluding hydrogens is 352 g/mol. The Kier molecular flexibility index (Phi) is 5.99. The van der Waals surface area contributed by atoms with Crippen molar-refractivity contribution in [3.05, 3.63) is 66.1 Å². The minimum absolute atomic E-state index is 0.593. The van der Waals surface area contributed by atoms with Crippen molar-refractivity contribution < 1.29 is 9.15 Å². The Balaban J connectivity index is 1.21. The molecule has 1 aliphatic rings. The van der Waals surface area contributed by atoms with Crippen molar-refractivity contribution in [1.82, 2.24) is 20.0 Å². The van der Waals surface area contributed by atoms with E-state index in [0.717, 1.165) is 44.0 Å². The van der Waals surface area contributed by atoms with E-state index >= 15 is 0 Å². The number of nitrogens with zero attached hydrogens (tertiary/aromatic N) is 4. The highest BCUT2D eigenvalue weighted by atomic mass is 16.5. The van der Waals surface area contributed by atoms with Crippen molar-refractivity contribution in [2.75, 3.05) is 39.3 Å². The van der Waals surface area contributed by atoms with E-state index in [1.807, 2.05) is 42.5 Å². The van der Waals surface area contributed by atoms with Gasteiger partial charge < -0.3 is 9.15 Å². The second-order valence-electron chi connectivity index (χ2n) is 7.15. The van der Waals surface area contributed by atoms with Crippen LogP contribution in [0.4, 0.5) is 0 Å². The highest BCUT2D eigenvalue weighted by molar-refractivity contribution is 5.53. The summed E-state index contributed by atoms with van der Waals surface area (Å²) in [5.41, 5.74) is 2.16. The van der Waals surface area contributed by atoms with Crippen LogP contribution in [-0.4, -0.2) is 59.3 Å². The lowest BCUT2D eigenvalue weighted by Gasteiger charge is -2.33. The summed E-state index contributed by atoms with van der Waals surface area (Å²) in [7, 11) is 0. The monoisotopic (exact) mass is 378 g/mol. The second-order valence-corrected chi connectivity index (χ2v) is 7.15. The van der Waals surface area contributed by atoms with Crippen LogP contribution in [0.15, 0.2) is 59.0 Å². The molecule has 1 aromatic heterocycles. The molecule has 0 aliphatic carbocycles. The first-order valence-electron chi connectivity index (χ1n) is 9.78. The van der Waals surface area contributed by atoms with E-state index in [-0.39, 0.29) is 0 Å². The minimum Gasteiger partial charge on any atom is -0.492 e. The Morgan fingerprint density at radius 1 is 0.929 bits per heavy atom. The molecule has 0 spiro atoms. The van der Waals surface area contributed by atoms with Gasteiger partial charge in [0.1, 0.15) is 12.4 Å². The van der Waals surface area contributed by atoms with E-state index in [0.29, 0.717) is 24.9 Å². The van der Waals surface area contributed by atoms with Crippen LogP contribution in [0, 0.1) is 6.92 Å². The zero-order chi connectivity index (χ0) is 19.2. The summed E-state index contributed by atoms with van der Waals surface area (Å²) < 4.78 is 11.7. The van der Waals surface area contributed by atoms with Gasteiger partial charge >= 0.3 is 0 Å². The molecule has 0 saturated carbocycles. The zero-order valence-corrected chi connectivity index (χ0v) is 16.3. The summed E-state index contributed by atoms with van der Waals surface area (Å²) >= 11 is 0. The van der Waals surface area contributed by atoms with Crippen molar-refractivity contribution in [2.45, 2.75) is 13.5 Å². The van der Waals surface area contributed by atoms with E-state index in [1.165, 1.54) is 5.56 Å². The smallest absolute Gasteiger partial charge is 0.247 e. The lowest BCUT2D eigenvalue weighted by atomic mass is 10.1. The van der Waals surface area contributed by atoms with Crippen molar-refractivity contribution in [3.8, 4) is 17.2 Å². The van der Waals surface area contributed by atoms with Gasteiger partial charge in [0.2, 0.25) is 11.8 Å². The van der Waals surface area contributed by atoms with Gasteiger partial charge in [0, 0.05) is 38.3 Å². The van der Waals surface area contributed by atoms with Crippen LogP contribution in [0.25, 0.3) is 11.5 Å². The Labute approximate surface area is 165 Å². The summed E-state index contributed by atoms with van der Waals surface area (Å²) in [5.74, 6) is 2.20. The molecule has 1 saturated heterocycles. The van der Waals surface area contributed by atoms with Crippen LogP contribution >= 0.6 is 0 Å². The molecule has 3 aromatic rings. The molecular formula is C22H26N4O2. The summed E-state index contributed by atoms with van der Waals surface area (Å²) in [6, 6.07) is 18.1. The first-order chi connectivity index (χ1) is 13.8. The molecule has 1 aliphatic heterocycles. The average Bonchev–Trinajstić information content (AvgIpc) is 3.19. The highest BCUT2D eigenvalue weighted by Gasteiger charge is 2.19. The number of hydrogen-bond donors (Lipinski definition) is 0. The summed E-state index contributed by atoms with van der Waals surface area (Å²) in [4.78, 5) is 4.80. The number of hydrogen-bond acceptors (Lipinski definition) is 6. The van der Waals surface area contributed by atoms with E-state index < -0.39 is 0 Å². The van der Waals surface area contributed by atoms with E-state index in [9.17, 15) is 0 Å². The van der Waals surface area contributed by atoms with Gasteiger partial charge in [-0.25, -0.2) is 0 Å². The van der Waals surface area contributed by atoms with Gasteiger partial charge in [-0.1, -0.05) is 35.9 Å². The second kappa shape index (κ2) is 8.99. The summed E-state index contributed by atoms with van der Waals surface area (Å²) in [5, 5.41) is 8.43. The number of aromatic nitrogens is 2. The standard InChI is InChI=1S/C22H26N4O2/c1-18-6-5-7-19(16-18)22-24-23-21(28-22)17-26-12-10-25(11-13-26)14-15-27-20-8-3-2-4-9-20/h2-9,16H,10-15,17H2,1H3. The highest BCUT2D eigenvalue weighted by Crippen LogP contribution is 2.19. The van der Waals surface area contributed by atoms with Crippen molar-refractivity contribution in [2.24, 2.45) is 0 Å². The number of benzene rings is 2. The van der Waals surface area contributed by atoms with Crippen LogP contribution in [0.1, 0.15) is 11.5 Å². The van der Waals surface area contributed by atoms with Gasteiger partial charge in [-0.2, -0.15) is 0 Å². The topological polar surface area (TPSA) is 54.6 Å². The average molecular weight is 378 g/mol. The maximum Gasteiger partial charge on any atom is 0.247 e. The molecule has 2 aromatic carbocycles. The molecule has 28 heavy (non-hydrogen) atoms. The molecule has 0 radical (unpaired) electrons. The van der Waals surface area contributed by atoms with E-state index in [1.54, 1.807) is 0 Å². The predicted octanol–water partition coefficient (Wildman–Crippen LogP) is 3.24. The van der Waals surface area contributed by atoms with Crippen LogP contribution < -0.4 is 4.74 Å². The molecule has 0 N–H and O–H groups in total. The maximum atomic E-state index is 5.87. The van der Waals surface area contributed by atoms with Gasteiger partial charge in [-0.3, -0.25) is 9.80 Å². The Hall–Kier alpha value is -2.70. The third kappa shape index (κ3) is 4.97. The largest absolute Gasteiger partial charge is 0.492 e. The molecule has 0 amide bonds. The molecule has 4 rings (SSSR count). The van der Waals surface area contributed by atoms with Crippen molar-refractivity contribution >= 4 is 0 Å². The fourth-order valence-electron chi connectivity index (χ4n) is 3.38. The molecule has 2 heterocycles. The quantitative estimate of drug-likeness (QED) is 0.629. The summed E-state index contributed by atoms with van der Waals surface area (Å²) in [6.07, 6.45) is 0. The van der Waals surface area contributed by atoms with Gasteiger partial charge in [-0.15, -0.1) is 10.2 Å². The SMILES string of the molecule is Cc1cccc(-c2nnc(CN3CCN(CCOc4ccccc4)CC3)o2)c1. The van der Waals surface area contributed by atoms with Gasteiger partial charge in [0.25, 0.3) is 0 Å². The first-order valence-corrected chi connectivity index (χ1v) is 9.78. The van der Waals surface area contributed by atoms with Gasteiger partial charge in [0.15, 0.2) is 0 Å². The molecule has 0 bridgehead atoms. The third-order valence-corrected chi connectivity index (χ3v) is 4.98. The van der Waals surface area contributed by atoms with Crippen LogP contribution in [0.2, 0.25) is 0 Å². The number of para-hydroxylation sites is 1. The molecule has 0 unspecified atom stereocenters. The normalized spacial score (nSPS) is 15.6. The fourth-order valence-corrected chi connectivity index (χ4v) is 3.38. The van der Waals surface area contributed by atoms with Crippen LogP contribution in [0.3, 0.4) is 0 Å². The third-order valence-electron chi connectivity index (χ3n) is 4.98. The molecule has 1 fully saturated rings. The van der Waals surface area contributed by atoms with Gasteiger partial charge in [-0.05, 0) is 31.2 Å². The first kappa shape index (κ1) is 18.7. The lowest BCUT2D eigenvalue weighted by molar-refractivity contribution is 0.106. The fraction of sp³-hybridized carbons (Fsp3) is 0.364. The van der Waals surface area contributed by atoms with E-state index in [2.05, 4.69) is 39.1 Å². The van der Waals surface area contributed by atoms with Crippen molar-refractivity contribution in [3.63, 3.8) is 0 Å². The maximum absolute atomic E-state index is 5.87. The molecule has 6 nitrogen and oxygen atoms in total. The number of aryl methyl sites for hydroxylation is 1.